The summed E-state index contributed by atoms with van der Waals surface area (Å²) in [5, 5.41) is 3.48. The number of hydrogen-bond donors (Lipinski definition) is 0. The fourth-order valence-corrected chi connectivity index (χ4v) is 5.54. The number of allylic oxidation sites excluding steroid dienone is 4. The second-order valence-electron chi connectivity index (χ2n) is 6.60. The highest BCUT2D eigenvalue weighted by Gasteiger charge is 2.23. The summed E-state index contributed by atoms with van der Waals surface area (Å²) in [5.41, 5.74) is 4.42. The number of pyridine rings is 1. The van der Waals surface area contributed by atoms with E-state index < -0.39 is 0 Å². The molecule has 0 N–H and O–H groups in total. The van der Waals surface area contributed by atoms with Gasteiger partial charge < -0.3 is 4.74 Å². The molecule has 2 heterocycles. The molecular formula is C22H16Br2N2O. The van der Waals surface area contributed by atoms with Crippen LogP contribution in [0.15, 0.2) is 65.3 Å². The van der Waals surface area contributed by atoms with Crippen LogP contribution in [0.1, 0.15) is 12.1 Å². The van der Waals surface area contributed by atoms with Crippen molar-refractivity contribution in [1.29, 1.82) is 0 Å². The van der Waals surface area contributed by atoms with Gasteiger partial charge in [-0.25, -0.2) is 4.98 Å². The van der Waals surface area contributed by atoms with Crippen LogP contribution in [0.3, 0.4) is 0 Å². The molecule has 0 bridgehead atoms. The van der Waals surface area contributed by atoms with Gasteiger partial charge in [0.2, 0.25) is 0 Å². The molecular weight excluding hydrogens is 468 g/mol. The SMILES string of the molecule is COc1ccc2c3ccccc3n3c(C4=C(Br)C=CCC4Br)cnc3c2c1. The van der Waals surface area contributed by atoms with Gasteiger partial charge in [-0.3, -0.25) is 4.40 Å². The molecule has 4 aromatic rings. The first-order valence-electron chi connectivity index (χ1n) is 8.75. The monoisotopic (exact) mass is 482 g/mol. The number of aromatic nitrogens is 2. The average Bonchev–Trinajstić information content (AvgIpc) is 3.13. The fraction of sp³-hybridized carbons (Fsp3) is 0.136. The van der Waals surface area contributed by atoms with Gasteiger partial charge in [0.1, 0.15) is 11.4 Å². The first-order valence-corrected chi connectivity index (χ1v) is 10.5. The lowest BCUT2D eigenvalue weighted by molar-refractivity contribution is 0.415. The van der Waals surface area contributed by atoms with E-state index in [1.165, 1.54) is 16.3 Å². The zero-order chi connectivity index (χ0) is 18.5. The van der Waals surface area contributed by atoms with Crippen LogP contribution in [0, 0.1) is 0 Å². The molecule has 1 aliphatic carbocycles. The quantitative estimate of drug-likeness (QED) is 0.241. The molecule has 1 unspecified atom stereocenters. The van der Waals surface area contributed by atoms with Gasteiger partial charge in [-0.2, -0.15) is 0 Å². The Morgan fingerprint density at radius 2 is 1.96 bits per heavy atom. The first-order chi connectivity index (χ1) is 13.2. The van der Waals surface area contributed by atoms with Crippen LogP contribution in [-0.2, 0) is 0 Å². The summed E-state index contributed by atoms with van der Waals surface area (Å²) >= 11 is 7.58. The van der Waals surface area contributed by atoms with E-state index in [0.29, 0.717) is 0 Å². The Morgan fingerprint density at radius 3 is 2.78 bits per heavy atom. The van der Waals surface area contributed by atoms with E-state index in [0.717, 1.165) is 38.9 Å². The predicted molar refractivity (Wildman–Crippen MR) is 119 cm³/mol. The molecule has 0 saturated carbocycles. The number of imidazole rings is 1. The van der Waals surface area contributed by atoms with E-state index in [-0.39, 0.29) is 4.83 Å². The van der Waals surface area contributed by atoms with Gasteiger partial charge in [-0.15, -0.1) is 0 Å². The number of benzene rings is 2. The summed E-state index contributed by atoms with van der Waals surface area (Å²) in [6.07, 6.45) is 7.23. The lowest BCUT2D eigenvalue weighted by Crippen LogP contribution is -2.08. The lowest BCUT2D eigenvalue weighted by Gasteiger charge is -2.19. The molecule has 2 aromatic carbocycles. The number of para-hydroxylation sites is 1. The van der Waals surface area contributed by atoms with Crippen LogP contribution >= 0.6 is 31.9 Å². The molecule has 1 aliphatic rings. The maximum absolute atomic E-state index is 5.47. The molecule has 1 atom stereocenters. The summed E-state index contributed by atoms with van der Waals surface area (Å²) in [4.78, 5) is 5.07. The number of halogens is 2. The third-order valence-corrected chi connectivity index (χ3v) is 6.64. The zero-order valence-electron chi connectivity index (χ0n) is 14.6. The van der Waals surface area contributed by atoms with Crippen molar-refractivity contribution in [1.82, 2.24) is 9.38 Å². The number of rotatable bonds is 2. The van der Waals surface area contributed by atoms with Crippen molar-refractivity contribution in [2.75, 3.05) is 7.11 Å². The zero-order valence-corrected chi connectivity index (χ0v) is 17.8. The lowest BCUT2D eigenvalue weighted by atomic mass is 10.0. The molecule has 0 radical (unpaired) electrons. The highest BCUT2D eigenvalue weighted by molar-refractivity contribution is 9.12. The molecule has 0 saturated heterocycles. The standard InChI is InChI=1S/C22H16Br2N2O/c1-27-13-9-10-14-15-5-2-3-8-19(15)26-20(12-25-22(26)16(14)11-13)21-17(23)6-4-7-18(21)24/h2-6,8-12,18H,7H2,1H3. The van der Waals surface area contributed by atoms with Gasteiger partial charge in [0.05, 0.1) is 24.5 Å². The van der Waals surface area contributed by atoms with Crippen molar-refractivity contribution in [3.63, 3.8) is 0 Å². The summed E-state index contributed by atoms with van der Waals surface area (Å²) in [5.74, 6) is 0.837. The summed E-state index contributed by atoms with van der Waals surface area (Å²) in [6, 6.07) is 14.7. The Labute approximate surface area is 173 Å². The van der Waals surface area contributed by atoms with Crippen LogP contribution in [0.4, 0.5) is 0 Å². The van der Waals surface area contributed by atoms with Gasteiger partial charge in [0.15, 0.2) is 0 Å². The Hall–Kier alpha value is -2.11. The van der Waals surface area contributed by atoms with E-state index in [2.05, 4.69) is 84.8 Å². The molecule has 0 spiro atoms. The Kier molecular flexibility index (Phi) is 4.10. The van der Waals surface area contributed by atoms with Crippen molar-refractivity contribution >= 4 is 64.8 Å². The van der Waals surface area contributed by atoms with E-state index >= 15 is 0 Å². The Balaban J connectivity index is 1.98. The van der Waals surface area contributed by atoms with Gasteiger partial charge in [-0.05, 0) is 36.1 Å². The first kappa shape index (κ1) is 17.0. The number of methoxy groups -OCH3 is 1. The normalized spacial score (nSPS) is 17.4. The summed E-state index contributed by atoms with van der Waals surface area (Å²) in [7, 11) is 1.70. The van der Waals surface area contributed by atoms with Crippen molar-refractivity contribution in [2.45, 2.75) is 11.2 Å². The van der Waals surface area contributed by atoms with Crippen molar-refractivity contribution in [2.24, 2.45) is 0 Å². The minimum Gasteiger partial charge on any atom is -0.497 e. The molecule has 0 fully saturated rings. The number of ether oxygens (including phenoxy) is 1. The van der Waals surface area contributed by atoms with Crippen LogP contribution in [-0.4, -0.2) is 21.3 Å². The van der Waals surface area contributed by atoms with Crippen LogP contribution in [0.25, 0.3) is 32.9 Å². The van der Waals surface area contributed by atoms with Crippen molar-refractivity contribution in [3.05, 3.63) is 71.0 Å². The second kappa shape index (κ2) is 6.50. The molecule has 0 amide bonds. The van der Waals surface area contributed by atoms with E-state index in [4.69, 9.17) is 9.72 Å². The Bertz CT molecular complexity index is 1270. The van der Waals surface area contributed by atoms with E-state index in [1.54, 1.807) is 7.11 Å². The van der Waals surface area contributed by atoms with Gasteiger partial charge in [-0.1, -0.05) is 62.2 Å². The van der Waals surface area contributed by atoms with Gasteiger partial charge in [0, 0.05) is 25.7 Å². The predicted octanol–water partition coefficient (Wildman–Crippen LogP) is 6.48. The van der Waals surface area contributed by atoms with Crippen LogP contribution < -0.4 is 4.74 Å². The highest BCUT2D eigenvalue weighted by Crippen LogP contribution is 2.39. The number of fused-ring (bicyclic) bond motifs is 6. The molecule has 5 rings (SSSR count). The van der Waals surface area contributed by atoms with Crippen LogP contribution in [0.5, 0.6) is 5.75 Å². The van der Waals surface area contributed by atoms with E-state index in [9.17, 15) is 0 Å². The average molecular weight is 484 g/mol. The van der Waals surface area contributed by atoms with Crippen LogP contribution in [0.2, 0.25) is 0 Å². The van der Waals surface area contributed by atoms with Crippen molar-refractivity contribution in [3.8, 4) is 5.75 Å². The summed E-state index contributed by atoms with van der Waals surface area (Å²) < 4.78 is 8.83. The molecule has 5 heteroatoms. The minimum atomic E-state index is 0.247. The van der Waals surface area contributed by atoms with E-state index in [1.807, 2.05) is 12.3 Å². The highest BCUT2D eigenvalue weighted by atomic mass is 79.9. The third-order valence-electron chi connectivity index (χ3n) is 5.12. The molecule has 27 heavy (non-hydrogen) atoms. The largest absolute Gasteiger partial charge is 0.497 e. The third kappa shape index (κ3) is 2.56. The van der Waals surface area contributed by atoms with Gasteiger partial charge >= 0.3 is 0 Å². The number of alkyl halides is 1. The Morgan fingerprint density at radius 1 is 1.11 bits per heavy atom. The summed E-state index contributed by atoms with van der Waals surface area (Å²) in [6.45, 7) is 0. The topological polar surface area (TPSA) is 26.5 Å². The number of hydrogen-bond acceptors (Lipinski definition) is 2. The smallest absolute Gasteiger partial charge is 0.145 e. The second-order valence-corrected chi connectivity index (χ2v) is 8.56. The van der Waals surface area contributed by atoms with Gasteiger partial charge in [0.25, 0.3) is 0 Å². The maximum atomic E-state index is 5.47. The van der Waals surface area contributed by atoms with Crippen molar-refractivity contribution < 1.29 is 4.74 Å². The molecule has 0 aliphatic heterocycles. The molecule has 134 valence electrons. The minimum absolute atomic E-state index is 0.247. The maximum Gasteiger partial charge on any atom is 0.145 e. The number of nitrogens with zero attached hydrogens (tertiary/aromatic N) is 2. The molecule has 2 aromatic heterocycles. The molecule has 3 nitrogen and oxygen atoms in total. The fourth-order valence-electron chi connectivity index (χ4n) is 3.87.